The van der Waals surface area contributed by atoms with Crippen molar-refractivity contribution in [3.05, 3.63) is 53.4 Å². The molecule has 8 nitrogen and oxygen atoms in total. The average Bonchev–Trinajstić information content (AvgIpc) is 3.76. The number of benzene rings is 1. The van der Waals surface area contributed by atoms with Gasteiger partial charge < -0.3 is 10.6 Å². The van der Waals surface area contributed by atoms with E-state index in [0.29, 0.717) is 34.5 Å². The second-order valence-corrected chi connectivity index (χ2v) is 10.5. The Morgan fingerprint density at radius 3 is 2.36 bits per heavy atom. The van der Waals surface area contributed by atoms with Gasteiger partial charge in [-0.3, -0.25) is 19.4 Å². The van der Waals surface area contributed by atoms with E-state index in [9.17, 15) is 9.59 Å². The number of amides is 2. The molecule has 2 aromatic heterocycles. The van der Waals surface area contributed by atoms with Gasteiger partial charge in [0, 0.05) is 34.7 Å². The fraction of sp³-hybridized carbons (Fsp3) is 0.481. The van der Waals surface area contributed by atoms with Crippen molar-refractivity contribution in [2.45, 2.75) is 65.5 Å². The lowest BCUT2D eigenvalue weighted by Crippen LogP contribution is -2.50. The minimum Gasteiger partial charge on any atom is -0.339 e. The quantitative estimate of drug-likeness (QED) is 0.400. The third-order valence-corrected chi connectivity index (χ3v) is 7.31. The molecule has 2 amide bonds. The monoisotopic (exact) mass is 492 g/mol. The second kappa shape index (κ2) is 9.52. The lowest BCUT2D eigenvalue weighted by Gasteiger charge is -2.28. The van der Waals surface area contributed by atoms with Crippen LogP contribution in [0.5, 0.6) is 0 Å². The SMILES string of the molecule is Cc1n[nH]c(C)c1-c1ccc(NC(=O)C(NC(=O)c2ccnn2C(C)C)C(C2CC2)C2CC2)cc1F. The van der Waals surface area contributed by atoms with Crippen molar-refractivity contribution in [3.63, 3.8) is 0 Å². The maximum atomic E-state index is 15.1. The van der Waals surface area contributed by atoms with E-state index in [4.69, 9.17) is 0 Å². The van der Waals surface area contributed by atoms with E-state index in [1.54, 1.807) is 29.1 Å². The maximum absolute atomic E-state index is 15.1. The zero-order chi connectivity index (χ0) is 25.6. The van der Waals surface area contributed by atoms with Crippen molar-refractivity contribution < 1.29 is 14.0 Å². The standard InChI is InChI=1S/C27H33FN6O2/c1-14(2)34-22(11-12-29-34)26(35)31-25(24(17-5-6-17)18-7-8-18)27(36)30-19-9-10-20(21(28)13-19)23-15(3)32-33-16(23)4/h9-14,17-18,24-25H,5-8H2,1-4H3,(H,30,36)(H,31,35)(H,32,33). The van der Waals surface area contributed by atoms with Gasteiger partial charge in [-0.05, 0) is 95.4 Å². The summed E-state index contributed by atoms with van der Waals surface area (Å²) < 4.78 is 16.8. The molecule has 1 atom stereocenters. The van der Waals surface area contributed by atoms with Crippen LogP contribution in [0.1, 0.15) is 67.4 Å². The van der Waals surface area contributed by atoms with Crippen molar-refractivity contribution in [3.8, 4) is 11.1 Å². The van der Waals surface area contributed by atoms with Crippen LogP contribution in [0, 0.1) is 37.4 Å². The molecule has 9 heteroatoms. The Kier molecular flexibility index (Phi) is 6.40. The molecular weight excluding hydrogens is 459 g/mol. The van der Waals surface area contributed by atoms with Gasteiger partial charge in [-0.1, -0.05) is 0 Å². The first-order valence-corrected chi connectivity index (χ1v) is 12.7. The normalized spacial score (nSPS) is 16.4. The van der Waals surface area contributed by atoms with Crippen LogP contribution in [0.15, 0.2) is 30.5 Å². The number of carbonyl (C=O) groups is 2. The third kappa shape index (κ3) is 4.79. The Morgan fingerprint density at radius 2 is 1.81 bits per heavy atom. The van der Waals surface area contributed by atoms with Gasteiger partial charge in [0.15, 0.2) is 0 Å². The molecular formula is C27H33FN6O2. The number of rotatable bonds is 9. The number of aromatic nitrogens is 4. The molecule has 1 aromatic carbocycles. The number of anilines is 1. The molecule has 36 heavy (non-hydrogen) atoms. The zero-order valence-electron chi connectivity index (χ0n) is 21.1. The highest BCUT2D eigenvalue weighted by Crippen LogP contribution is 2.51. The average molecular weight is 493 g/mol. The molecule has 0 bridgehead atoms. The number of hydrogen-bond acceptors (Lipinski definition) is 4. The van der Waals surface area contributed by atoms with Crippen LogP contribution in [0.3, 0.4) is 0 Å². The summed E-state index contributed by atoms with van der Waals surface area (Å²) in [6.07, 6.45) is 5.86. The lowest BCUT2D eigenvalue weighted by atomic mass is 9.88. The Hall–Kier alpha value is -3.49. The highest BCUT2D eigenvalue weighted by Gasteiger charge is 2.48. The van der Waals surface area contributed by atoms with E-state index in [0.717, 1.165) is 36.9 Å². The summed E-state index contributed by atoms with van der Waals surface area (Å²) in [5.41, 5.74) is 3.43. The van der Waals surface area contributed by atoms with Crippen LogP contribution in [0.25, 0.3) is 11.1 Å². The summed E-state index contributed by atoms with van der Waals surface area (Å²) in [6.45, 7) is 7.58. The molecule has 0 radical (unpaired) electrons. The highest BCUT2D eigenvalue weighted by atomic mass is 19.1. The molecule has 2 aliphatic rings. The van der Waals surface area contributed by atoms with Crippen LogP contribution < -0.4 is 10.6 Å². The molecule has 2 saturated carbocycles. The van der Waals surface area contributed by atoms with Crippen LogP contribution >= 0.6 is 0 Å². The summed E-state index contributed by atoms with van der Waals surface area (Å²) in [5.74, 6) is -0.150. The summed E-state index contributed by atoms with van der Waals surface area (Å²) in [5, 5.41) is 17.2. The zero-order valence-corrected chi connectivity index (χ0v) is 21.1. The van der Waals surface area contributed by atoms with Crippen molar-refractivity contribution >= 4 is 17.5 Å². The first-order chi connectivity index (χ1) is 17.2. The number of H-pyrrole nitrogens is 1. The fourth-order valence-corrected chi connectivity index (χ4v) is 5.31. The summed E-state index contributed by atoms with van der Waals surface area (Å²) >= 11 is 0. The Balaban J connectivity index is 1.39. The van der Waals surface area contributed by atoms with Crippen LogP contribution in [0.2, 0.25) is 0 Å². The molecule has 190 valence electrons. The molecule has 3 aromatic rings. The van der Waals surface area contributed by atoms with Gasteiger partial charge in [0.1, 0.15) is 17.6 Å². The van der Waals surface area contributed by atoms with Gasteiger partial charge in [-0.15, -0.1) is 0 Å². The van der Waals surface area contributed by atoms with Gasteiger partial charge in [0.25, 0.3) is 5.91 Å². The van der Waals surface area contributed by atoms with E-state index in [-0.39, 0.29) is 23.8 Å². The van der Waals surface area contributed by atoms with E-state index < -0.39 is 11.9 Å². The van der Waals surface area contributed by atoms with E-state index >= 15 is 4.39 Å². The molecule has 0 spiro atoms. The Morgan fingerprint density at radius 1 is 1.11 bits per heavy atom. The van der Waals surface area contributed by atoms with E-state index in [2.05, 4.69) is 25.9 Å². The Labute approximate surface area is 210 Å². The van der Waals surface area contributed by atoms with Crippen molar-refractivity contribution in [1.29, 1.82) is 0 Å². The van der Waals surface area contributed by atoms with Gasteiger partial charge in [0.2, 0.25) is 5.91 Å². The smallest absolute Gasteiger partial charge is 0.270 e. The van der Waals surface area contributed by atoms with Crippen molar-refractivity contribution in [1.82, 2.24) is 25.3 Å². The van der Waals surface area contributed by atoms with Gasteiger partial charge in [0.05, 0.1) is 5.69 Å². The molecule has 1 unspecified atom stereocenters. The number of carbonyl (C=O) groups excluding carboxylic acids is 2. The topological polar surface area (TPSA) is 105 Å². The van der Waals surface area contributed by atoms with Crippen molar-refractivity contribution in [2.75, 3.05) is 5.32 Å². The molecule has 0 aliphatic heterocycles. The molecule has 5 rings (SSSR count). The fourth-order valence-electron chi connectivity index (χ4n) is 5.31. The van der Waals surface area contributed by atoms with E-state index in [1.165, 1.54) is 6.07 Å². The predicted molar refractivity (Wildman–Crippen MR) is 135 cm³/mol. The summed E-state index contributed by atoms with van der Waals surface area (Å²) in [4.78, 5) is 26.9. The van der Waals surface area contributed by atoms with Crippen LogP contribution in [0.4, 0.5) is 10.1 Å². The molecule has 0 saturated heterocycles. The Bertz CT molecular complexity index is 1260. The number of aromatic amines is 1. The molecule has 2 aliphatic carbocycles. The van der Waals surface area contributed by atoms with Gasteiger partial charge in [-0.2, -0.15) is 10.2 Å². The number of halogens is 1. The van der Waals surface area contributed by atoms with Gasteiger partial charge in [-0.25, -0.2) is 4.39 Å². The van der Waals surface area contributed by atoms with Crippen LogP contribution in [-0.2, 0) is 4.79 Å². The minimum atomic E-state index is -0.700. The van der Waals surface area contributed by atoms with E-state index in [1.807, 2.05) is 27.7 Å². The molecule has 3 N–H and O–H groups in total. The number of nitrogens with one attached hydrogen (secondary N) is 3. The number of hydrogen-bond donors (Lipinski definition) is 3. The largest absolute Gasteiger partial charge is 0.339 e. The first-order valence-electron chi connectivity index (χ1n) is 12.7. The maximum Gasteiger partial charge on any atom is 0.270 e. The first kappa shape index (κ1) is 24.2. The summed E-state index contributed by atoms with van der Waals surface area (Å²) in [6, 6.07) is 5.66. The number of nitrogens with zero attached hydrogens (tertiary/aromatic N) is 3. The second-order valence-electron chi connectivity index (χ2n) is 10.5. The van der Waals surface area contributed by atoms with Crippen LogP contribution in [-0.4, -0.2) is 37.8 Å². The third-order valence-electron chi connectivity index (χ3n) is 7.31. The summed E-state index contributed by atoms with van der Waals surface area (Å²) in [7, 11) is 0. The number of aryl methyl sites for hydroxylation is 2. The van der Waals surface area contributed by atoms with Crippen molar-refractivity contribution in [2.24, 2.45) is 17.8 Å². The highest BCUT2D eigenvalue weighted by molar-refractivity contribution is 6.01. The molecule has 2 heterocycles. The predicted octanol–water partition coefficient (Wildman–Crippen LogP) is 4.78. The minimum absolute atomic E-state index is 0.0136. The lowest BCUT2D eigenvalue weighted by molar-refractivity contribution is -0.119. The molecule has 2 fully saturated rings. The van der Waals surface area contributed by atoms with Gasteiger partial charge >= 0.3 is 0 Å².